The van der Waals surface area contributed by atoms with Gasteiger partial charge in [-0.3, -0.25) is 9.59 Å². The second-order valence-corrected chi connectivity index (χ2v) is 8.66. The first-order valence-electron chi connectivity index (χ1n) is 10.1. The number of aliphatic hydroxyl groups is 1. The Bertz CT molecular complexity index is 874. The van der Waals surface area contributed by atoms with E-state index in [-0.39, 0.29) is 12.5 Å². The number of rotatable bonds is 4. The van der Waals surface area contributed by atoms with Crippen LogP contribution in [0.1, 0.15) is 33.6 Å². The van der Waals surface area contributed by atoms with Gasteiger partial charge in [-0.05, 0) is 45.7 Å². The van der Waals surface area contributed by atoms with E-state index >= 15 is 0 Å². The number of amides is 3. The smallest absolute Gasteiger partial charge is 0.405 e. The summed E-state index contributed by atoms with van der Waals surface area (Å²) in [7, 11) is 1.52. The third-order valence-corrected chi connectivity index (χ3v) is 5.56. The van der Waals surface area contributed by atoms with E-state index in [1.807, 2.05) is 0 Å². The SMILES string of the molecule is CN1C(=O)[C@@H](OC(N)=O)COc2ccc(OC(C)(C)C(=O)N3CCC(C)(O)CC3)cc21. The summed E-state index contributed by atoms with van der Waals surface area (Å²) in [6.45, 7) is 5.86. The lowest BCUT2D eigenvalue weighted by Gasteiger charge is -2.39. The average Bonchev–Trinajstić information content (AvgIpc) is 2.79. The molecule has 1 aromatic carbocycles. The minimum atomic E-state index is -1.16. The van der Waals surface area contributed by atoms with Gasteiger partial charge in [0.25, 0.3) is 11.8 Å². The minimum absolute atomic E-state index is 0.165. The number of likely N-dealkylation sites (N-methyl/N-ethyl adjacent to an activating group) is 1. The summed E-state index contributed by atoms with van der Waals surface area (Å²) in [4.78, 5) is 39.6. The number of nitrogens with two attached hydrogens (primary N) is 1. The van der Waals surface area contributed by atoms with Gasteiger partial charge in [0.2, 0.25) is 6.10 Å². The number of anilines is 1. The molecule has 1 saturated heterocycles. The largest absolute Gasteiger partial charge is 0.487 e. The number of piperidine rings is 1. The van der Waals surface area contributed by atoms with Crippen LogP contribution in [-0.2, 0) is 14.3 Å². The molecule has 0 unspecified atom stereocenters. The topological polar surface area (TPSA) is 132 Å². The molecule has 1 atom stereocenters. The summed E-state index contributed by atoms with van der Waals surface area (Å²) in [5.74, 6) is 0.0961. The van der Waals surface area contributed by atoms with Crippen molar-refractivity contribution in [1.82, 2.24) is 4.90 Å². The number of benzene rings is 1. The molecule has 0 saturated carbocycles. The minimum Gasteiger partial charge on any atom is -0.487 e. The van der Waals surface area contributed by atoms with Crippen LogP contribution in [0.4, 0.5) is 10.5 Å². The summed E-state index contributed by atoms with van der Waals surface area (Å²) >= 11 is 0. The summed E-state index contributed by atoms with van der Waals surface area (Å²) in [6.07, 6.45) is -1.21. The van der Waals surface area contributed by atoms with E-state index in [1.165, 1.54) is 11.9 Å². The van der Waals surface area contributed by atoms with E-state index in [0.29, 0.717) is 43.1 Å². The highest BCUT2D eigenvalue weighted by molar-refractivity contribution is 5.99. The van der Waals surface area contributed by atoms with Crippen molar-refractivity contribution in [1.29, 1.82) is 0 Å². The highest BCUT2D eigenvalue weighted by Gasteiger charge is 2.39. The molecule has 3 rings (SSSR count). The Morgan fingerprint density at radius 2 is 1.94 bits per heavy atom. The number of likely N-dealkylation sites (tertiary alicyclic amines) is 1. The van der Waals surface area contributed by atoms with Gasteiger partial charge in [0.15, 0.2) is 5.60 Å². The van der Waals surface area contributed by atoms with Crippen LogP contribution in [-0.4, -0.2) is 72.0 Å². The molecule has 31 heavy (non-hydrogen) atoms. The van der Waals surface area contributed by atoms with Gasteiger partial charge in [-0.2, -0.15) is 0 Å². The second kappa shape index (κ2) is 8.26. The standard InChI is InChI=1S/C21H29N3O7/c1-20(2,18(26)24-9-7-21(3,28)8-10-24)31-13-5-6-15-14(11-13)23(4)17(25)16(12-29-15)30-19(22)27/h5-6,11,16,28H,7-10,12H2,1-4H3,(H2,22,27)/t16-/m0/s1. The summed E-state index contributed by atoms with van der Waals surface area (Å²) < 4.78 is 16.4. The van der Waals surface area contributed by atoms with Crippen LogP contribution in [0.2, 0.25) is 0 Å². The predicted octanol–water partition coefficient (Wildman–Crippen LogP) is 1.04. The molecule has 3 amide bonds. The average molecular weight is 435 g/mol. The van der Waals surface area contributed by atoms with Gasteiger partial charge in [0.05, 0.1) is 11.3 Å². The van der Waals surface area contributed by atoms with Crippen molar-refractivity contribution < 1.29 is 33.7 Å². The second-order valence-electron chi connectivity index (χ2n) is 8.66. The first-order chi connectivity index (χ1) is 14.4. The lowest BCUT2D eigenvalue weighted by atomic mass is 9.92. The van der Waals surface area contributed by atoms with E-state index in [4.69, 9.17) is 19.9 Å². The number of primary amides is 1. The highest BCUT2D eigenvalue weighted by Crippen LogP contribution is 2.36. The Hall–Kier alpha value is -3.01. The molecule has 2 aliphatic rings. The summed E-state index contributed by atoms with van der Waals surface area (Å²) in [6, 6.07) is 4.86. The Morgan fingerprint density at radius 1 is 1.29 bits per heavy atom. The molecular weight excluding hydrogens is 406 g/mol. The Morgan fingerprint density at radius 3 is 2.55 bits per heavy atom. The van der Waals surface area contributed by atoms with Crippen LogP contribution in [0.25, 0.3) is 0 Å². The molecule has 3 N–H and O–H groups in total. The van der Waals surface area contributed by atoms with E-state index < -0.39 is 29.3 Å². The van der Waals surface area contributed by atoms with Gasteiger partial charge >= 0.3 is 6.09 Å². The molecule has 0 aromatic heterocycles. The third-order valence-electron chi connectivity index (χ3n) is 5.56. The molecule has 2 aliphatic heterocycles. The van der Waals surface area contributed by atoms with E-state index in [0.717, 1.165) is 0 Å². The van der Waals surface area contributed by atoms with Gasteiger partial charge in [-0.25, -0.2) is 4.79 Å². The van der Waals surface area contributed by atoms with Gasteiger partial charge in [-0.1, -0.05) is 0 Å². The number of hydrogen-bond donors (Lipinski definition) is 2. The molecule has 1 aromatic rings. The molecule has 10 nitrogen and oxygen atoms in total. The summed E-state index contributed by atoms with van der Waals surface area (Å²) in [5.41, 5.74) is 3.52. The van der Waals surface area contributed by atoms with Crippen molar-refractivity contribution in [3.63, 3.8) is 0 Å². The van der Waals surface area contributed by atoms with Crippen LogP contribution >= 0.6 is 0 Å². The van der Waals surface area contributed by atoms with Crippen LogP contribution < -0.4 is 20.1 Å². The van der Waals surface area contributed by atoms with Crippen LogP contribution in [0.15, 0.2) is 18.2 Å². The lowest BCUT2D eigenvalue weighted by Crippen LogP contribution is -2.53. The van der Waals surface area contributed by atoms with Gasteiger partial charge in [0.1, 0.15) is 18.1 Å². The van der Waals surface area contributed by atoms with E-state index in [9.17, 15) is 19.5 Å². The first kappa shape index (κ1) is 22.7. The molecule has 2 heterocycles. The summed E-state index contributed by atoms with van der Waals surface area (Å²) in [5, 5.41) is 10.1. The maximum Gasteiger partial charge on any atom is 0.405 e. The lowest BCUT2D eigenvalue weighted by molar-refractivity contribution is -0.149. The fourth-order valence-electron chi connectivity index (χ4n) is 3.65. The fraction of sp³-hybridized carbons (Fsp3) is 0.571. The Balaban J connectivity index is 1.75. The number of hydrogen-bond acceptors (Lipinski definition) is 7. The number of carbonyl (C=O) groups is 3. The van der Waals surface area contributed by atoms with Crippen molar-refractivity contribution in [2.45, 2.75) is 50.9 Å². The maximum atomic E-state index is 13.0. The number of ether oxygens (including phenoxy) is 3. The molecule has 0 aliphatic carbocycles. The monoisotopic (exact) mass is 435 g/mol. The van der Waals surface area contributed by atoms with E-state index in [2.05, 4.69) is 0 Å². The Labute approximate surface area is 180 Å². The van der Waals surface area contributed by atoms with Crippen molar-refractivity contribution in [3.05, 3.63) is 18.2 Å². The van der Waals surface area contributed by atoms with Crippen molar-refractivity contribution in [2.24, 2.45) is 5.73 Å². The van der Waals surface area contributed by atoms with Crippen LogP contribution in [0.5, 0.6) is 11.5 Å². The number of nitrogens with zero attached hydrogens (tertiary/aromatic N) is 2. The molecule has 10 heteroatoms. The van der Waals surface area contributed by atoms with Gasteiger partial charge < -0.3 is 34.9 Å². The van der Waals surface area contributed by atoms with Crippen LogP contribution in [0, 0.1) is 0 Å². The van der Waals surface area contributed by atoms with Crippen molar-refractivity contribution >= 4 is 23.6 Å². The van der Waals surface area contributed by atoms with Gasteiger partial charge in [0, 0.05) is 26.2 Å². The molecule has 170 valence electrons. The van der Waals surface area contributed by atoms with E-state index in [1.54, 1.807) is 43.9 Å². The Kier molecular flexibility index (Phi) is 6.04. The molecule has 1 fully saturated rings. The zero-order valence-electron chi connectivity index (χ0n) is 18.2. The van der Waals surface area contributed by atoms with Crippen molar-refractivity contribution in [2.75, 3.05) is 31.6 Å². The number of carbonyl (C=O) groups excluding carboxylic acids is 3. The van der Waals surface area contributed by atoms with Gasteiger partial charge in [-0.15, -0.1) is 0 Å². The van der Waals surface area contributed by atoms with Crippen LogP contribution in [0.3, 0.4) is 0 Å². The zero-order chi connectivity index (χ0) is 23.0. The fourth-order valence-corrected chi connectivity index (χ4v) is 3.65. The quantitative estimate of drug-likeness (QED) is 0.722. The normalized spacial score (nSPS) is 20.9. The number of fused-ring (bicyclic) bond motifs is 1. The van der Waals surface area contributed by atoms with Crippen molar-refractivity contribution in [3.8, 4) is 11.5 Å². The molecule has 0 bridgehead atoms. The zero-order valence-corrected chi connectivity index (χ0v) is 18.2. The maximum absolute atomic E-state index is 13.0. The molecular formula is C21H29N3O7. The highest BCUT2D eigenvalue weighted by atomic mass is 16.6. The molecule has 0 radical (unpaired) electrons. The molecule has 0 spiro atoms. The third kappa shape index (κ3) is 5.01. The predicted molar refractivity (Wildman–Crippen MR) is 111 cm³/mol. The first-order valence-corrected chi connectivity index (χ1v) is 10.1.